The van der Waals surface area contributed by atoms with E-state index in [2.05, 4.69) is 34.7 Å². The topological polar surface area (TPSA) is 74.6 Å². The van der Waals surface area contributed by atoms with Crippen LogP contribution in [0, 0.1) is 0 Å². The van der Waals surface area contributed by atoms with Gasteiger partial charge >= 0.3 is 0 Å². The van der Waals surface area contributed by atoms with Crippen LogP contribution in [0.2, 0.25) is 0 Å². The highest BCUT2D eigenvalue weighted by Gasteiger charge is 2.10. The van der Waals surface area contributed by atoms with Gasteiger partial charge in [-0.25, -0.2) is 0 Å². The number of furan rings is 1. The summed E-state index contributed by atoms with van der Waals surface area (Å²) in [6.45, 7) is 1.56. The second kappa shape index (κ2) is 10.1. The molecular weight excluding hydrogens is 366 g/mol. The summed E-state index contributed by atoms with van der Waals surface area (Å²) in [6.07, 6.45) is 3.34. The Morgan fingerprint density at radius 1 is 0.897 bits per heavy atom. The van der Waals surface area contributed by atoms with E-state index in [4.69, 9.17) is 4.42 Å². The van der Waals surface area contributed by atoms with E-state index in [1.165, 1.54) is 12.0 Å². The van der Waals surface area contributed by atoms with Crippen LogP contribution in [-0.2, 0) is 0 Å². The van der Waals surface area contributed by atoms with Gasteiger partial charge in [-0.1, -0.05) is 18.2 Å². The summed E-state index contributed by atoms with van der Waals surface area (Å²) >= 11 is 0. The lowest BCUT2D eigenvalue weighted by Gasteiger charge is -2.19. The van der Waals surface area contributed by atoms with E-state index >= 15 is 0 Å². The van der Waals surface area contributed by atoms with Crippen molar-refractivity contribution in [3.63, 3.8) is 0 Å². The highest BCUT2D eigenvalue weighted by Crippen LogP contribution is 2.13. The third-order valence-electron chi connectivity index (χ3n) is 4.55. The zero-order valence-electron chi connectivity index (χ0n) is 16.4. The molecule has 3 aromatic rings. The molecule has 2 aromatic carbocycles. The number of para-hydroxylation sites is 1. The Balaban J connectivity index is 1.37. The molecule has 2 N–H and O–H groups in total. The summed E-state index contributed by atoms with van der Waals surface area (Å²) in [6, 6.07) is 20.3. The number of unbranched alkanes of at least 4 members (excludes halogenated alkanes) is 1. The van der Waals surface area contributed by atoms with Crippen molar-refractivity contribution in [3.8, 4) is 0 Å². The minimum atomic E-state index is -0.326. The van der Waals surface area contributed by atoms with E-state index in [0.717, 1.165) is 19.4 Å². The maximum absolute atomic E-state index is 12.3. The van der Waals surface area contributed by atoms with E-state index < -0.39 is 0 Å². The van der Waals surface area contributed by atoms with Crippen molar-refractivity contribution in [3.05, 3.63) is 84.3 Å². The first-order valence-electron chi connectivity index (χ1n) is 9.63. The van der Waals surface area contributed by atoms with Gasteiger partial charge in [0, 0.05) is 37.1 Å². The molecule has 0 aliphatic carbocycles. The molecule has 0 radical (unpaired) electrons. The Morgan fingerprint density at radius 3 is 2.34 bits per heavy atom. The average molecular weight is 391 g/mol. The molecule has 0 unspecified atom stereocenters. The highest BCUT2D eigenvalue weighted by molar-refractivity contribution is 6.02. The van der Waals surface area contributed by atoms with Crippen molar-refractivity contribution in [1.29, 1.82) is 0 Å². The fourth-order valence-corrected chi connectivity index (χ4v) is 2.89. The van der Waals surface area contributed by atoms with Crippen LogP contribution in [-0.4, -0.2) is 32.0 Å². The van der Waals surface area contributed by atoms with Crippen LogP contribution in [0.25, 0.3) is 0 Å². The summed E-state index contributed by atoms with van der Waals surface area (Å²) < 4.78 is 5.05. The maximum Gasteiger partial charge on any atom is 0.291 e. The molecule has 0 fully saturated rings. The van der Waals surface area contributed by atoms with Crippen LogP contribution in [0.4, 0.5) is 11.4 Å². The minimum absolute atomic E-state index is 0.120. The van der Waals surface area contributed by atoms with Crippen LogP contribution in [0.15, 0.2) is 77.4 Å². The molecule has 0 bridgehead atoms. The monoisotopic (exact) mass is 391 g/mol. The number of carbonyl (C=O) groups is 2. The largest absolute Gasteiger partial charge is 0.459 e. The normalized spacial score (nSPS) is 10.4. The first-order valence-corrected chi connectivity index (χ1v) is 9.63. The molecule has 0 spiro atoms. The quantitative estimate of drug-likeness (QED) is 0.537. The first kappa shape index (κ1) is 20.2. The maximum atomic E-state index is 12.3. The molecule has 0 aliphatic rings. The summed E-state index contributed by atoms with van der Waals surface area (Å²) in [7, 11) is 2.07. The average Bonchev–Trinajstić information content (AvgIpc) is 3.29. The molecule has 1 heterocycles. The number of benzene rings is 2. The molecule has 1 aromatic heterocycles. The molecule has 6 heteroatoms. The minimum Gasteiger partial charge on any atom is -0.459 e. The zero-order valence-corrected chi connectivity index (χ0v) is 16.4. The lowest BCUT2D eigenvalue weighted by Crippen LogP contribution is -2.25. The second-order valence-electron chi connectivity index (χ2n) is 6.73. The van der Waals surface area contributed by atoms with Gasteiger partial charge in [0.1, 0.15) is 0 Å². The molecule has 29 heavy (non-hydrogen) atoms. The van der Waals surface area contributed by atoms with Gasteiger partial charge in [0.25, 0.3) is 11.8 Å². The molecule has 3 rings (SSSR count). The van der Waals surface area contributed by atoms with Gasteiger partial charge in [0.15, 0.2) is 5.76 Å². The second-order valence-corrected chi connectivity index (χ2v) is 6.73. The standard InChI is InChI=1S/C23H25N3O3/c1-26(20-8-3-2-4-9-20)16-6-5-15-24-22(27)18-11-13-19(14-12-18)25-23(28)21-10-7-17-29-21/h2-4,7-14,17H,5-6,15-16H2,1H3,(H,24,27)(H,25,28). The van der Waals surface area contributed by atoms with Crippen molar-refractivity contribution in [2.24, 2.45) is 0 Å². The summed E-state index contributed by atoms with van der Waals surface area (Å²) in [5, 5.41) is 5.66. The first-order chi connectivity index (χ1) is 14.1. The van der Waals surface area contributed by atoms with Crippen LogP contribution >= 0.6 is 0 Å². The Bertz CT molecular complexity index is 906. The number of hydrogen-bond donors (Lipinski definition) is 2. The van der Waals surface area contributed by atoms with E-state index in [9.17, 15) is 9.59 Å². The van der Waals surface area contributed by atoms with Gasteiger partial charge in [-0.05, 0) is 61.4 Å². The predicted octanol–water partition coefficient (Wildman–Crippen LogP) is 4.18. The van der Waals surface area contributed by atoms with E-state index in [-0.39, 0.29) is 17.6 Å². The Morgan fingerprint density at radius 2 is 1.66 bits per heavy atom. The fourth-order valence-electron chi connectivity index (χ4n) is 2.89. The molecule has 6 nitrogen and oxygen atoms in total. The van der Waals surface area contributed by atoms with Crippen LogP contribution in [0.5, 0.6) is 0 Å². The van der Waals surface area contributed by atoms with Crippen molar-refractivity contribution in [2.75, 3.05) is 30.4 Å². The Hall–Kier alpha value is -3.54. The van der Waals surface area contributed by atoms with Gasteiger partial charge in [-0.15, -0.1) is 0 Å². The third-order valence-corrected chi connectivity index (χ3v) is 4.55. The van der Waals surface area contributed by atoms with E-state index in [1.807, 2.05) is 18.2 Å². The Kier molecular flexibility index (Phi) is 7.05. The molecule has 0 aliphatic heterocycles. The van der Waals surface area contributed by atoms with Crippen molar-refractivity contribution < 1.29 is 14.0 Å². The zero-order chi connectivity index (χ0) is 20.5. The number of nitrogens with zero attached hydrogens (tertiary/aromatic N) is 1. The number of amides is 2. The van der Waals surface area contributed by atoms with Crippen LogP contribution < -0.4 is 15.5 Å². The SMILES string of the molecule is CN(CCCCNC(=O)c1ccc(NC(=O)c2ccco2)cc1)c1ccccc1. The number of rotatable bonds is 9. The highest BCUT2D eigenvalue weighted by atomic mass is 16.3. The molecule has 0 atom stereocenters. The molecule has 150 valence electrons. The van der Waals surface area contributed by atoms with Crippen molar-refractivity contribution >= 4 is 23.2 Å². The molecule has 0 saturated heterocycles. The van der Waals surface area contributed by atoms with Gasteiger partial charge in [-0.3, -0.25) is 9.59 Å². The summed E-state index contributed by atoms with van der Waals surface area (Å²) in [4.78, 5) is 26.4. The third kappa shape index (κ3) is 5.97. The van der Waals surface area contributed by atoms with Crippen LogP contribution in [0.3, 0.4) is 0 Å². The molecule has 2 amide bonds. The van der Waals surface area contributed by atoms with E-state index in [0.29, 0.717) is 17.8 Å². The molecular formula is C23H25N3O3. The summed E-state index contributed by atoms with van der Waals surface area (Å²) in [5.41, 5.74) is 2.35. The van der Waals surface area contributed by atoms with Gasteiger partial charge in [0.2, 0.25) is 0 Å². The van der Waals surface area contributed by atoms with E-state index in [1.54, 1.807) is 36.4 Å². The van der Waals surface area contributed by atoms with Gasteiger partial charge < -0.3 is 20.0 Å². The number of hydrogen-bond acceptors (Lipinski definition) is 4. The molecule has 0 saturated carbocycles. The smallest absolute Gasteiger partial charge is 0.291 e. The Labute approximate surface area is 170 Å². The van der Waals surface area contributed by atoms with Gasteiger partial charge in [0.05, 0.1) is 6.26 Å². The van der Waals surface area contributed by atoms with Crippen molar-refractivity contribution in [2.45, 2.75) is 12.8 Å². The lowest BCUT2D eigenvalue weighted by molar-refractivity contribution is 0.0952. The number of anilines is 2. The fraction of sp³-hybridized carbons (Fsp3) is 0.217. The number of nitrogens with one attached hydrogen (secondary N) is 2. The summed E-state index contributed by atoms with van der Waals surface area (Å²) in [5.74, 6) is -0.206. The predicted molar refractivity (Wildman–Crippen MR) is 114 cm³/mol. The lowest BCUT2D eigenvalue weighted by atomic mass is 10.2. The van der Waals surface area contributed by atoms with Crippen molar-refractivity contribution in [1.82, 2.24) is 5.32 Å². The number of carbonyl (C=O) groups excluding carboxylic acids is 2. The van der Waals surface area contributed by atoms with Gasteiger partial charge in [-0.2, -0.15) is 0 Å². The van der Waals surface area contributed by atoms with Crippen LogP contribution in [0.1, 0.15) is 33.8 Å².